The molecular formula is C19H21FN2O2S. The van der Waals surface area contributed by atoms with Crippen molar-refractivity contribution in [3.63, 3.8) is 0 Å². The van der Waals surface area contributed by atoms with Gasteiger partial charge in [0, 0.05) is 10.4 Å². The molecule has 0 radical (unpaired) electrons. The summed E-state index contributed by atoms with van der Waals surface area (Å²) in [6.07, 6.45) is 5.06. The Morgan fingerprint density at radius 3 is 2.88 bits per heavy atom. The molecular weight excluding hydrogens is 339 g/mol. The van der Waals surface area contributed by atoms with Gasteiger partial charge in [-0.3, -0.25) is 9.59 Å². The Balaban J connectivity index is 1.89. The smallest absolute Gasteiger partial charge is 0.256 e. The predicted molar refractivity (Wildman–Crippen MR) is 97.6 cm³/mol. The summed E-state index contributed by atoms with van der Waals surface area (Å²) in [5.74, 6) is -0.828. The van der Waals surface area contributed by atoms with Crippen LogP contribution in [0.4, 0.5) is 9.39 Å². The lowest BCUT2D eigenvalue weighted by Crippen LogP contribution is -2.20. The fraction of sp³-hybridized carbons (Fsp3) is 0.368. The van der Waals surface area contributed by atoms with Gasteiger partial charge in [-0.05, 0) is 48.9 Å². The number of nitrogens with two attached hydrogens (primary N) is 1. The SMILES string of the molecule is CCC[C@H]1CCc2c(sc(NC(=O)c3cccc(F)c3)c2C(N)=O)C1. The van der Waals surface area contributed by atoms with Gasteiger partial charge >= 0.3 is 0 Å². The number of rotatable bonds is 5. The first-order valence-electron chi connectivity index (χ1n) is 8.50. The Bertz CT molecular complexity index is 816. The second kappa shape index (κ2) is 7.35. The van der Waals surface area contributed by atoms with Crippen LogP contribution in [-0.4, -0.2) is 11.8 Å². The number of nitrogens with one attached hydrogen (secondary N) is 1. The number of halogens is 1. The largest absolute Gasteiger partial charge is 0.365 e. The number of carbonyl (C=O) groups excluding carboxylic acids is 2. The summed E-state index contributed by atoms with van der Waals surface area (Å²) in [5, 5.41) is 3.23. The summed E-state index contributed by atoms with van der Waals surface area (Å²) >= 11 is 1.42. The van der Waals surface area contributed by atoms with Crippen LogP contribution in [0, 0.1) is 11.7 Å². The fourth-order valence-corrected chi connectivity index (χ4v) is 4.82. The second-order valence-electron chi connectivity index (χ2n) is 6.43. The molecule has 4 nitrogen and oxygen atoms in total. The second-order valence-corrected chi connectivity index (χ2v) is 7.54. The Kier molecular flexibility index (Phi) is 5.18. The van der Waals surface area contributed by atoms with Crippen molar-refractivity contribution in [1.29, 1.82) is 0 Å². The number of hydrogen-bond donors (Lipinski definition) is 2. The average molecular weight is 360 g/mol. The molecule has 1 atom stereocenters. The first-order valence-corrected chi connectivity index (χ1v) is 9.32. The highest BCUT2D eigenvalue weighted by molar-refractivity contribution is 7.17. The molecule has 0 aliphatic heterocycles. The summed E-state index contributed by atoms with van der Waals surface area (Å²) in [7, 11) is 0. The van der Waals surface area contributed by atoms with Gasteiger partial charge < -0.3 is 11.1 Å². The van der Waals surface area contributed by atoms with Crippen molar-refractivity contribution < 1.29 is 14.0 Å². The molecule has 0 saturated heterocycles. The molecule has 6 heteroatoms. The molecule has 132 valence electrons. The molecule has 0 bridgehead atoms. The number of primary amides is 1. The van der Waals surface area contributed by atoms with E-state index in [1.165, 1.54) is 35.6 Å². The minimum Gasteiger partial charge on any atom is -0.365 e. The number of thiophene rings is 1. The molecule has 2 aromatic rings. The van der Waals surface area contributed by atoms with Gasteiger partial charge in [-0.25, -0.2) is 4.39 Å². The van der Waals surface area contributed by atoms with Crippen molar-refractivity contribution in [1.82, 2.24) is 0 Å². The minimum absolute atomic E-state index is 0.214. The van der Waals surface area contributed by atoms with Gasteiger partial charge in [-0.2, -0.15) is 0 Å². The third-order valence-corrected chi connectivity index (χ3v) is 5.79. The highest BCUT2D eigenvalue weighted by atomic mass is 32.1. The van der Waals surface area contributed by atoms with Crippen LogP contribution in [0.5, 0.6) is 0 Å². The van der Waals surface area contributed by atoms with E-state index in [1.807, 2.05) is 0 Å². The van der Waals surface area contributed by atoms with Gasteiger partial charge in [0.2, 0.25) is 0 Å². The van der Waals surface area contributed by atoms with Crippen LogP contribution in [0.25, 0.3) is 0 Å². The third kappa shape index (κ3) is 3.74. The summed E-state index contributed by atoms with van der Waals surface area (Å²) in [5.41, 5.74) is 7.17. The lowest BCUT2D eigenvalue weighted by atomic mass is 9.84. The predicted octanol–water partition coefficient (Wildman–Crippen LogP) is 4.14. The molecule has 0 fully saturated rings. The zero-order valence-electron chi connectivity index (χ0n) is 14.1. The Morgan fingerprint density at radius 1 is 1.40 bits per heavy atom. The van der Waals surface area contributed by atoms with Crippen molar-refractivity contribution in [2.45, 2.75) is 39.0 Å². The summed E-state index contributed by atoms with van der Waals surface area (Å²) in [6, 6.07) is 5.47. The van der Waals surface area contributed by atoms with E-state index in [0.29, 0.717) is 16.5 Å². The van der Waals surface area contributed by atoms with Crippen molar-refractivity contribution >= 4 is 28.2 Å². The van der Waals surface area contributed by atoms with Crippen molar-refractivity contribution in [2.75, 3.05) is 5.32 Å². The molecule has 3 rings (SSSR count). The first-order chi connectivity index (χ1) is 12.0. The van der Waals surface area contributed by atoms with Gasteiger partial charge in [0.15, 0.2) is 0 Å². The van der Waals surface area contributed by atoms with Crippen LogP contribution < -0.4 is 11.1 Å². The zero-order valence-corrected chi connectivity index (χ0v) is 14.9. The molecule has 1 aliphatic carbocycles. The van der Waals surface area contributed by atoms with Crippen LogP contribution in [0.1, 0.15) is 57.3 Å². The number of fused-ring (bicyclic) bond motifs is 1. The van der Waals surface area contributed by atoms with E-state index in [4.69, 9.17) is 5.73 Å². The number of benzene rings is 1. The monoisotopic (exact) mass is 360 g/mol. The minimum atomic E-state index is -0.527. The normalized spacial score (nSPS) is 16.3. The van der Waals surface area contributed by atoms with E-state index < -0.39 is 17.6 Å². The van der Waals surface area contributed by atoms with Crippen molar-refractivity contribution in [3.05, 3.63) is 51.7 Å². The first kappa shape index (κ1) is 17.6. The van der Waals surface area contributed by atoms with Gasteiger partial charge in [0.25, 0.3) is 11.8 Å². The van der Waals surface area contributed by atoms with Crippen LogP contribution in [-0.2, 0) is 12.8 Å². The highest BCUT2D eigenvalue weighted by Gasteiger charge is 2.28. The fourth-order valence-electron chi connectivity index (χ4n) is 3.46. The van der Waals surface area contributed by atoms with Crippen LogP contribution in [0.2, 0.25) is 0 Å². The van der Waals surface area contributed by atoms with Crippen LogP contribution in [0.15, 0.2) is 24.3 Å². The molecule has 0 unspecified atom stereocenters. The average Bonchev–Trinajstić information content (AvgIpc) is 2.92. The van der Waals surface area contributed by atoms with Gasteiger partial charge in [0.05, 0.1) is 5.56 Å². The lowest BCUT2D eigenvalue weighted by molar-refractivity contribution is 0.1000. The van der Waals surface area contributed by atoms with Crippen LogP contribution in [0.3, 0.4) is 0 Å². The maximum Gasteiger partial charge on any atom is 0.256 e. The summed E-state index contributed by atoms with van der Waals surface area (Å²) in [4.78, 5) is 25.5. The van der Waals surface area contributed by atoms with E-state index in [9.17, 15) is 14.0 Å². The zero-order chi connectivity index (χ0) is 18.0. The standard InChI is InChI=1S/C19H21FN2O2S/c1-2-4-11-7-8-14-15(9-11)25-19(16(14)17(21)23)22-18(24)12-5-3-6-13(20)10-12/h3,5-6,10-11H,2,4,7-9H2,1H3,(H2,21,23)(H,22,24)/t11-/m0/s1. The molecule has 25 heavy (non-hydrogen) atoms. The Hall–Kier alpha value is -2.21. The maximum atomic E-state index is 13.3. The highest BCUT2D eigenvalue weighted by Crippen LogP contribution is 2.40. The van der Waals surface area contributed by atoms with Gasteiger partial charge in [-0.15, -0.1) is 11.3 Å². The van der Waals surface area contributed by atoms with E-state index in [-0.39, 0.29) is 5.56 Å². The number of carbonyl (C=O) groups is 2. The lowest BCUT2D eigenvalue weighted by Gasteiger charge is -2.21. The third-order valence-electron chi connectivity index (χ3n) is 4.62. The molecule has 3 N–H and O–H groups in total. The maximum absolute atomic E-state index is 13.3. The van der Waals surface area contributed by atoms with Gasteiger partial charge in [0.1, 0.15) is 10.8 Å². The number of amides is 2. The van der Waals surface area contributed by atoms with Crippen LogP contribution >= 0.6 is 11.3 Å². The molecule has 1 aliphatic rings. The quantitative estimate of drug-likeness (QED) is 0.841. The van der Waals surface area contributed by atoms with Crippen molar-refractivity contribution in [3.8, 4) is 0 Å². The molecule has 1 aromatic heterocycles. The van der Waals surface area contributed by atoms with Gasteiger partial charge in [-0.1, -0.05) is 25.8 Å². The number of hydrogen-bond acceptors (Lipinski definition) is 3. The molecule has 2 amide bonds. The van der Waals surface area contributed by atoms with E-state index >= 15 is 0 Å². The van der Waals surface area contributed by atoms with Crippen molar-refractivity contribution in [2.24, 2.45) is 11.7 Å². The van der Waals surface area contributed by atoms with E-state index in [0.717, 1.165) is 42.5 Å². The van der Waals surface area contributed by atoms with E-state index in [2.05, 4.69) is 12.2 Å². The molecule has 0 saturated carbocycles. The van der Waals surface area contributed by atoms with E-state index in [1.54, 1.807) is 0 Å². The molecule has 1 heterocycles. The molecule has 1 aromatic carbocycles. The Labute approximate surface area is 150 Å². The summed E-state index contributed by atoms with van der Waals surface area (Å²) < 4.78 is 13.3. The topological polar surface area (TPSA) is 72.2 Å². The summed E-state index contributed by atoms with van der Waals surface area (Å²) in [6.45, 7) is 2.17. The number of anilines is 1. The molecule has 0 spiro atoms. The Morgan fingerprint density at radius 2 is 2.20 bits per heavy atom.